The maximum absolute atomic E-state index is 6.67. The smallest absolute Gasteiger partial charge is 0.186 e. The van der Waals surface area contributed by atoms with Gasteiger partial charge in [0.05, 0.1) is 6.61 Å². The molecule has 1 saturated heterocycles. The van der Waals surface area contributed by atoms with E-state index in [9.17, 15) is 0 Å². The molecule has 9 heteroatoms. The van der Waals surface area contributed by atoms with Crippen LogP contribution in [0.25, 0.3) is 0 Å². The number of hydrogen-bond donors (Lipinski definition) is 0. The van der Waals surface area contributed by atoms with Crippen LogP contribution >= 0.6 is 0 Å². The highest BCUT2D eigenvalue weighted by Crippen LogP contribution is 2.34. The molecule has 30 heavy (non-hydrogen) atoms. The van der Waals surface area contributed by atoms with Crippen LogP contribution in [0.15, 0.2) is 0 Å². The maximum atomic E-state index is 6.67. The van der Waals surface area contributed by atoms with Crippen molar-refractivity contribution in [1.29, 1.82) is 0 Å². The number of hydrogen-bond acceptors (Lipinski definition) is 6. The van der Waals surface area contributed by atoms with Crippen molar-refractivity contribution in [2.24, 2.45) is 0 Å². The summed E-state index contributed by atoms with van der Waals surface area (Å²) in [4.78, 5) is 0. The van der Waals surface area contributed by atoms with Gasteiger partial charge >= 0.3 is 0 Å². The molecule has 1 aliphatic rings. The summed E-state index contributed by atoms with van der Waals surface area (Å²) < 4.78 is 37.6. The van der Waals surface area contributed by atoms with Crippen LogP contribution in [0.1, 0.15) is 0 Å². The lowest BCUT2D eigenvalue weighted by atomic mass is 9.99. The second-order valence-corrected chi connectivity index (χ2v) is 23.7. The van der Waals surface area contributed by atoms with E-state index in [-0.39, 0.29) is 32.0 Å². The van der Waals surface area contributed by atoms with Crippen molar-refractivity contribution in [2.75, 3.05) is 19.8 Å². The van der Waals surface area contributed by atoms with Gasteiger partial charge in [-0.05, 0) is 58.9 Å². The van der Waals surface area contributed by atoms with Crippen molar-refractivity contribution in [3.63, 3.8) is 0 Å². The first-order chi connectivity index (χ1) is 13.7. The lowest BCUT2D eigenvalue weighted by molar-refractivity contribution is -0.289. The number of terminal acetylenes is 2. The largest absolute Gasteiger partial charge is 0.409 e. The molecule has 5 atom stereocenters. The second-order valence-electron chi connectivity index (χ2n) is 10.4. The molecular weight excluding hydrogens is 432 g/mol. The Balaban J connectivity index is 3.38. The van der Waals surface area contributed by atoms with Gasteiger partial charge in [-0.3, -0.25) is 0 Å². The molecule has 0 N–H and O–H groups in total. The normalized spacial score (nSPS) is 28.0. The molecule has 0 unspecified atom stereocenters. The third-order valence-electron chi connectivity index (χ3n) is 3.86. The topological polar surface area (TPSA) is 55.4 Å². The summed E-state index contributed by atoms with van der Waals surface area (Å²) >= 11 is 0. The van der Waals surface area contributed by atoms with Crippen molar-refractivity contribution in [1.82, 2.24) is 0 Å². The van der Waals surface area contributed by atoms with Crippen molar-refractivity contribution < 1.29 is 27.5 Å². The lowest BCUT2D eigenvalue weighted by Gasteiger charge is -2.50. The minimum Gasteiger partial charge on any atom is -0.409 e. The Hall–Kier alpha value is -0.469. The molecule has 0 aromatic heterocycles. The van der Waals surface area contributed by atoms with Gasteiger partial charge in [-0.1, -0.05) is 11.8 Å². The molecule has 0 spiro atoms. The van der Waals surface area contributed by atoms with Crippen molar-refractivity contribution >= 4 is 25.0 Å². The van der Waals surface area contributed by atoms with Crippen LogP contribution in [0, 0.1) is 24.7 Å². The molecule has 0 saturated carbocycles. The minimum absolute atomic E-state index is 0.118. The van der Waals surface area contributed by atoms with Crippen LogP contribution in [0.4, 0.5) is 0 Å². The van der Waals surface area contributed by atoms with E-state index in [1.165, 1.54) is 0 Å². The fourth-order valence-corrected chi connectivity index (χ4v) is 6.39. The first-order valence-corrected chi connectivity index (χ1v) is 20.6. The molecule has 1 aliphatic heterocycles. The van der Waals surface area contributed by atoms with Gasteiger partial charge in [0, 0.05) is 0 Å². The Bertz CT molecular complexity index is 609. The van der Waals surface area contributed by atoms with E-state index < -0.39 is 43.5 Å². The third-order valence-corrected chi connectivity index (χ3v) is 6.80. The molecule has 1 fully saturated rings. The zero-order valence-corrected chi connectivity index (χ0v) is 23.1. The monoisotopic (exact) mass is 472 g/mol. The van der Waals surface area contributed by atoms with Gasteiger partial charge in [0.15, 0.2) is 31.2 Å². The molecule has 172 valence electrons. The summed E-state index contributed by atoms with van der Waals surface area (Å²) in [5, 5.41) is 0. The van der Waals surface area contributed by atoms with E-state index in [2.05, 4.69) is 70.8 Å². The van der Waals surface area contributed by atoms with Gasteiger partial charge in [0.2, 0.25) is 0 Å². The SMILES string of the molecule is C#CCOC[C@H]1O[C@H](OCC#C)[C@@H](O[Si](C)(C)C)[C@@H](O[Si](C)(C)C)[C@@H]1O[Si](C)(C)C. The average Bonchev–Trinajstić information content (AvgIpc) is 2.55. The summed E-state index contributed by atoms with van der Waals surface area (Å²) in [6.07, 6.45) is 8.57. The van der Waals surface area contributed by atoms with Crippen LogP contribution in [0.5, 0.6) is 0 Å². The summed E-state index contributed by atoms with van der Waals surface area (Å²) in [7, 11) is -5.87. The summed E-state index contributed by atoms with van der Waals surface area (Å²) in [5.74, 6) is 5.01. The Labute approximate surface area is 186 Å². The Morgan fingerprint density at radius 2 is 1.17 bits per heavy atom. The molecule has 1 rings (SSSR count). The average molecular weight is 473 g/mol. The van der Waals surface area contributed by atoms with Gasteiger partial charge in [-0.2, -0.15) is 0 Å². The highest BCUT2D eigenvalue weighted by atomic mass is 28.4. The van der Waals surface area contributed by atoms with Crippen molar-refractivity contribution in [3.05, 3.63) is 0 Å². The highest BCUT2D eigenvalue weighted by molar-refractivity contribution is 6.70. The minimum atomic E-state index is -1.96. The number of rotatable bonds is 11. The van der Waals surface area contributed by atoms with E-state index in [1.54, 1.807) is 0 Å². The van der Waals surface area contributed by atoms with E-state index in [0.717, 1.165) is 0 Å². The van der Waals surface area contributed by atoms with Crippen LogP contribution in [-0.4, -0.2) is 75.5 Å². The summed E-state index contributed by atoms with van der Waals surface area (Å²) in [5.41, 5.74) is 0. The molecule has 0 aliphatic carbocycles. The van der Waals surface area contributed by atoms with Crippen molar-refractivity contribution in [3.8, 4) is 24.7 Å². The molecule has 0 aromatic rings. The van der Waals surface area contributed by atoms with Gasteiger partial charge in [0.1, 0.15) is 37.6 Å². The molecule has 0 amide bonds. The summed E-state index contributed by atoms with van der Waals surface area (Å²) in [6, 6.07) is 0. The summed E-state index contributed by atoms with van der Waals surface area (Å²) in [6.45, 7) is 19.9. The lowest BCUT2D eigenvalue weighted by Crippen LogP contribution is -2.66. The Morgan fingerprint density at radius 3 is 1.63 bits per heavy atom. The van der Waals surface area contributed by atoms with Crippen LogP contribution < -0.4 is 0 Å². The molecular formula is C21H40O6Si3. The molecule has 0 radical (unpaired) electrons. The maximum Gasteiger partial charge on any atom is 0.186 e. The van der Waals surface area contributed by atoms with Gasteiger partial charge in [0.25, 0.3) is 0 Å². The van der Waals surface area contributed by atoms with Crippen LogP contribution in [0.2, 0.25) is 58.9 Å². The highest BCUT2D eigenvalue weighted by Gasteiger charge is 2.51. The van der Waals surface area contributed by atoms with Crippen molar-refractivity contribution in [2.45, 2.75) is 89.6 Å². The van der Waals surface area contributed by atoms with Crippen LogP contribution in [0.3, 0.4) is 0 Å². The Morgan fingerprint density at radius 1 is 0.700 bits per heavy atom. The zero-order valence-electron chi connectivity index (χ0n) is 20.1. The van der Waals surface area contributed by atoms with Gasteiger partial charge in [-0.15, -0.1) is 12.8 Å². The number of ether oxygens (including phenoxy) is 3. The van der Waals surface area contributed by atoms with Gasteiger partial charge in [-0.25, -0.2) is 0 Å². The standard InChI is InChI=1S/C21H40O6Si3/c1-12-14-22-16-17-18(25-28(3,4)5)19(26-29(6,7)8)20(27-30(9,10)11)21(24-17)23-15-13-2/h1-2,17-21H,14-16H2,3-11H3/t17-,18-,19+,20+,21+/m1/s1. The predicted molar refractivity (Wildman–Crippen MR) is 128 cm³/mol. The third kappa shape index (κ3) is 10.2. The van der Waals surface area contributed by atoms with Gasteiger partial charge < -0.3 is 27.5 Å². The fourth-order valence-electron chi connectivity index (χ4n) is 3.14. The van der Waals surface area contributed by atoms with Crippen LogP contribution in [-0.2, 0) is 27.5 Å². The van der Waals surface area contributed by atoms with E-state index in [1.807, 2.05) is 0 Å². The second kappa shape index (κ2) is 11.4. The van der Waals surface area contributed by atoms with E-state index in [4.69, 9.17) is 40.3 Å². The van der Waals surface area contributed by atoms with E-state index >= 15 is 0 Å². The molecule has 6 nitrogen and oxygen atoms in total. The first kappa shape index (κ1) is 27.6. The predicted octanol–water partition coefficient (Wildman–Crippen LogP) is 3.67. The molecule has 1 heterocycles. The zero-order chi connectivity index (χ0) is 23.2. The molecule has 0 bridgehead atoms. The molecule has 0 aromatic carbocycles. The fraction of sp³-hybridized carbons (Fsp3) is 0.810. The first-order valence-electron chi connectivity index (χ1n) is 10.4. The quantitative estimate of drug-likeness (QED) is 0.260. The Kier molecular flexibility index (Phi) is 10.5. The van der Waals surface area contributed by atoms with E-state index in [0.29, 0.717) is 0 Å².